The van der Waals surface area contributed by atoms with E-state index >= 15 is 0 Å². The van der Waals surface area contributed by atoms with Crippen molar-refractivity contribution in [1.82, 2.24) is 9.78 Å². The van der Waals surface area contributed by atoms with Gasteiger partial charge < -0.3 is 14.8 Å². The Bertz CT molecular complexity index is 1100. The minimum atomic E-state index is -0.598. The zero-order valence-corrected chi connectivity index (χ0v) is 17.7. The molecular formula is C24H25N3O4. The Morgan fingerprint density at radius 1 is 1.00 bits per heavy atom. The third kappa shape index (κ3) is 5.12. The molecule has 1 N–H and O–H groups in total. The lowest BCUT2D eigenvalue weighted by molar-refractivity contribution is -0.149. The molecule has 0 radical (unpaired) electrons. The van der Waals surface area contributed by atoms with Crippen molar-refractivity contribution in [1.29, 1.82) is 0 Å². The molecule has 0 spiro atoms. The number of carbonyl (C=O) groups is 2. The number of anilines is 1. The van der Waals surface area contributed by atoms with Crippen LogP contribution in [0.5, 0.6) is 5.75 Å². The number of nitrogens with one attached hydrogen (secondary N) is 1. The molecule has 0 fully saturated rings. The van der Waals surface area contributed by atoms with Crippen LogP contribution in [0, 0.1) is 13.8 Å². The summed E-state index contributed by atoms with van der Waals surface area (Å²) in [5.74, 6) is 0.106. The van der Waals surface area contributed by atoms with E-state index in [2.05, 4.69) is 10.4 Å². The van der Waals surface area contributed by atoms with Crippen molar-refractivity contribution < 1.29 is 19.1 Å². The second-order valence-electron chi connectivity index (χ2n) is 7.70. The summed E-state index contributed by atoms with van der Waals surface area (Å²) in [6.45, 7) is 3.21. The molecule has 1 aliphatic rings. The van der Waals surface area contributed by atoms with E-state index in [1.165, 1.54) is 11.1 Å². The van der Waals surface area contributed by atoms with Crippen molar-refractivity contribution >= 4 is 17.7 Å². The lowest BCUT2D eigenvalue weighted by Crippen LogP contribution is -2.24. The van der Waals surface area contributed by atoms with Crippen LogP contribution in [0.25, 0.3) is 5.69 Å². The molecule has 7 nitrogen and oxygen atoms in total. The first-order chi connectivity index (χ1) is 15.0. The van der Waals surface area contributed by atoms with Crippen LogP contribution < -0.4 is 10.1 Å². The van der Waals surface area contributed by atoms with Gasteiger partial charge in [0, 0.05) is 6.07 Å². The van der Waals surface area contributed by atoms with Crippen molar-refractivity contribution in [2.45, 2.75) is 33.1 Å². The highest BCUT2D eigenvalue weighted by molar-refractivity contribution is 5.92. The maximum Gasteiger partial charge on any atom is 0.344 e. The fourth-order valence-electron chi connectivity index (χ4n) is 3.62. The fraction of sp³-hybridized carbons (Fsp3) is 0.292. The van der Waals surface area contributed by atoms with Crippen molar-refractivity contribution in [3.8, 4) is 11.4 Å². The predicted molar refractivity (Wildman–Crippen MR) is 117 cm³/mol. The number of ether oxygens (including phenoxy) is 2. The molecule has 3 aromatic rings. The molecule has 0 saturated carbocycles. The monoisotopic (exact) mass is 419 g/mol. The van der Waals surface area contributed by atoms with Crippen LogP contribution in [0.3, 0.4) is 0 Å². The van der Waals surface area contributed by atoms with Gasteiger partial charge in [0.05, 0.1) is 11.4 Å². The lowest BCUT2D eigenvalue weighted by Gasteiger charge is -2.10. The Kier molecular flexibility index (Phi) is 6.02. The summed E-state index contributed by atoms with van der Waals surface area (Å²) in [6, 6.07) is 15.4. The highest BCUT2D eigenvalue weighted by Gasteiger charge is 2.15. The molecule has 4 rings (SSSR count). The van der Waals surface area contributed by atoms with Crippen molar-refractivity contribution in [2.75, 3.05) is 18.5 Å². The minimum absolute atomic E-state index is 0.244. The van der Waals surface area contributed by atoms with E-state index in [1.54, 1.807) is 10.7 Å². The highest BCUT2D eigenvalue weighted by Crippen LogP contribution is 2.26. The first kappa shape index (κ1) is 20.7. The van der Waals surface area contributed by atoms with Gasteiger partial charge in [-0.15, -0.1) is 0 Å². The second kappa shape index (κ2) is 9.04. The average Bonchev–Trinajstić information content (AvgIpc) is 3.37. The normalized spacial score (nSPS) is 12.3. The summed E-state index contributed by atoms with van der Waals surface area (Å²) in [6.07, 6.45) is 3.28. The number of benzene rings is 2. The van der Waals surface area contributed by atoms with Gasteiger partial charge in [-0.1, -0.05) is 23.8 Å². The molecule has 2 aromatic carbocycles. The molecule has 0 atom stereocenters. The molecule has 1 aliphatic carbocycles. The van der Waals surface area contributed by atoms with Crippen LogP contribution in [0.2, 0.25) is 0 Å². The van der Waals surface area contributed by atoms with Gasteiger partial charge in [-0.3, -0.25) is 4.79 Å². The SMILES string of the molecule is Cc1ccc(-n2nc(C)cc2NC(=O)COC(=O)COc2ccc3c(c2)CCC3)cc1. The van der Waals surface area contributed by atoms with Crippen LogP contribution in [0.4, 0.5) is 5.82 Å². The second-order valence-corrected chi connectivity index (χ2v) is 7.70. The van der Waals surface area contributed by atoms with Crippen molar-refractivity contribution in [3.63, 3.8) is 0 Å². The van der Waals surface area contributed by atoms with Crippen LogP contribution in [-0.4, -0.2) is 34.9 Å². The number of esters is 1. The largest absolute Gasteiger partial charge is 0.482 e. The van der Waals surface area contributed by atoms with Gasteiger partial charge >= 0.3 is 5.97 Å². The van der Waals surface area contributed by atoms with Gasteiger partial charge in [-0.2, -0.15) is 5.10 Å². The fourth-order valence-corrected chi connectivity index (χ4v) is 3.62. The van der Waals surface area contributed by atoms with Gasteiger partial charge in [-0.25, -0.2) is 9.48 Å². The highest BCUT2D eigenvalue weighted by atomic mass is 16.6. The third-order valence-electron chi connectivity index (χ3n) is 5.17. The average molecular weight is 419 g/mol. The first-order valence-electron chi connectivity index (χ1n) is 10.3. The Morgan fingerprint density at radius 3 is 2.58 bits per heavy atom. The number of aryl methyl sites for hydroxylation is 4. The van der Waals surface area contributed by atoms with Crippen molar-refractivity contribution in [3.05, 3.63) is 70.9 Å². The molecule has 0 saturated heterocycles. The number of rotatable bonds is 7. The van der Waals surface area contributed by atoms with E-state index in [-0.39, 0.29) is 6.61 Å². The maximum atomic E-state index is 12.3. The summed E-state index contributed by atoms with van der Waals surface area (Å²) in [7, 11) is 0. The number of amides is 1. The lowest BCUT2D eigenvalue weighted by atomic mass is 10.1. The standard InChI is InChI=1S/C24H25N3O4/c1-16-6-9-20(10-7-16)27-22(12-17(2)26-27)25-23(28)14-31-24(29)15-30-21-11-8-18-4-3-5-19(18)13-21/h6-13H,3-5,14-15H2,1-2H3,(H,25,28). The molecule has 31 heavy (non-hydrogen) atoms. The van der Waals surface area contributed by atoms with Crippen LogP contribution in [-0.2, 0) is 27.2 Å². The summed E-state index contributed by atoms with van der Waals surface area (Å²) in [4.78, 5) is 24.3. The molecule has 0 unspecified atom stereocenters. The van der Waals surface area contributed by atoms with Gasteiger partial charge in [0.25, 0.3) is 5.91 Å². The van der Waals surface area contributed by atoms with Crippen molar-refractivity contribution in [2.24, 2.45) is 0 Å². The van der Waals surface area contributed by atoms with Gasteiger partial charge in [-0.05, 0) is 68.5 Å². The van der Waals surface area contributed by atoms with Crippen LogP contribution in [0.15, 0.2) is 48.5 Å². The first-order valence-corrected chi connectivity index (χ1v) is 10.3. The Labute approximate surface area is 181 Å². The van der Waals surface area contributed by atoms with E-state index in [1.807, 2.05) is 56.3 Å². The molecule has 1 aromatic heterocycles. The van der Waals surface area contributed by atoms with Crippen LogP contribution >= 0.6 is 0 Å². The molecule has 1 heterocycles. The molecular weight excluding hydrogens is 394 g/mol. The number of fused-ring (bicyclic) bond motifs is 1. The molecule has 1 amide bonds. The summed E-state index contributed by atoms with van der Waals surface area (Å²) in [5.41, 5.74) is 5.33. The summed E-state index contributed by atoms with van der Waals surface area (Å²) in [5, 5.41) is 7.17. The van der Waals surface area contributed by atoms with E-state index < -0.39 is 18.5 Å². The van der Waals surface area contributed by atoms with Gasteiger partial charge in [0.2, 0.25) is 0 Å². The summed E-state index contributed by atoms with van der Waals surface area (Å²) < 4.78 is 12.2. The number of aromatic nitrogens is 2. The van der Waals surface area contributed by atoms with E-state index in [0.717, 1.165) is 36.2 Å². The quantitative estimate of drug-likeness (QED) is 0.593. The Hall–Kier alpha value is -3.61. The molecule has 0 aliphatic heterocycles. The predicted octanol–water partition coefficient (Wildman–Crippen LogP) is 3.54. The smallest absolute Gasteiger partial charge is 0.344 e. The molecule has 160 valence electrons. The number of carbonyl (C=O) groups excluding carboxylic acids is 2. The topological polar surface area (TPSA) is 82.5 Å². The third-order valence-corrected chi connectivity index (χ3v) is 5.17. The van der Waals surface area contributed by atoms with E-state index in [4.69, 9.17) is 9.47 Å². The number of hydrogen-bond acceptors (Lipinski definition) is 5. The summed E-state index contributed by atoms with van der Waals surface area (Å²) >= 11 is 0. The minimum Gasteiger partial charge on any atom is -0.482 e. The zero-order valence-electron chi connectivity index (χ0n) is 17.7. The van der Waals surface area contributed by atoms with E-state index in [0.29, 0.717) is 11.6 Å². The zero-order chi connectivity index (χ0) is 21.8. The number of nitrogens with zero attached hydrogens (tertiary/aromatic N) is 2. The van der Waals surface area contributed by atoms with E-state index in [9.17, 15) is 9.59 Å². The van der Waals surface area contributed by atoms with Gasteiger partial charge in [0.15, 0.2) is 13.2 Å². The number of hydrogen-bond donors (Lipinski definition) is 1. The van der Waals surface area contributed by atoms with Crippen LogP contribution in [0.1, 0.15) is 28.8 Å². The van der Waals surface area contributed by atoms with Gasteiger partial charge in [0.1, 0.15) is 11.6 Å². The Morgan fingerprint density at radius 2 is 1.77 bits per heavy atom. The maximum absolute atomic E-state index is 12.3. The Balaban J connectivity index is 1.28. The molecule has 7 heteroatoms. The molecule has 0 bridgehead atoms.